The van der Waals surface area contributed by atoms with E-state index in [0.717, 1.165) is 18.3 Å². The number of aliphatic hydroxyl groups excluding tert-OH is 1. The summed E-state index contributed by atoms with van der Waals surface area (Å²) in [5, 5.41) is 9.63. The highest BCUT2D eigenvalue weighted by atomic mass is 19.4. The molecule has 88 valence electrons. The molecule has 1 saturated carbocycles. The largest absolute Gasteiger partial charge is 0.397 e. The second-order valence-corrected chi connectivity index (χ2v) is 3.96. The van der Waals surface area contributed by atoms with Crippen molar-refractivity contribution in [2.24, 2.45) is 5.41 Å². The Morgan fingerprint density at radius 1 is 1.31 bits per heavy atom. The van der Waals surface area contributed by atoms with Crippen LogP contribution in [0.1, 0.15) is 24.6 Å². The molecule has 1 atom stereocenters. The minimum atomic E-state index is -4.46. The molecule has 1 unspecified atom stereocenters. The molecule has 0 aromatic carbocycles. The Balaban J connectivity index is 2.26. The summed E-state index contributed by atoms with van der Waals surface area (Å²) in [5.41, 5.74) is -2.23. The first-order chi connectivity index (χ1) is 7.37. The fourth-order valence-electron chi connectivity index (χ4n) is 1.68. The molecule has 0 radical (unpaired) electrons. The summed E-state index contributed by atoms with van der Waals surface area (Å²) in [6.07, 6.45) is -5.60. The van der Waals surface area contributed by atoms with Gasteiger partial charge in [-0.2, -0.15) is 13.2 Å². The molecule has 1 aromatic rings. The van der Waals surface area contributed by atoms with E-state index < -0.39 is 23.5 Å². The van der Waals surface area contributed by atoms with Crippen molar-refractivity contribution in [1.82, 2.24) is 4.98 Å². The zero-order valence-electron chi connectivity index (χ0n) is 8.13. The number of pyridine rings is 1. The van der Waals surface area contributed by atoms with Crippen molar-refractivity contribution in [3.8, 4) is 0 Å². The Morgan fingerprint density at radius 2 is 1.94 bits per heavy atom. The van der Waals surface area contributed by atoms with Crippen molar-refractivity contribution in [3.63, 3.8) is 0 Å². The van der Waals surface area contributed by atoms with E-state index in [9.17, 15) is 22.7 Å². The first-order valence-electron chi connectivity index (χ1n) is 4.73. The minimum Gasteiger partial charge on any atom is -0.386 e. The molecule has 1 aliphatic rings. The lowest BCUT2D eigenvalue weighted by molar-refractivity contribution is -0.216. The molecule has 1 heterocycles. The maximum absolute atomic E-state index is 12.6. The first kappa shape index (κ1) is 11.3. The lowest BCUT2D eigenvalue weighted by atomic mass is 9.95. The monoisotopic (exact) mass is 235 g/mol. The highest BCUT2D eigenvalue weighted by molar-refractivity contribution is 5.17. The summed E-state index contributed by atoms with van der Waals surface area (Å²) >= 11 is 0. The maximum atomic E-state index is 12.6. The van der Waals surface area contributed by atoms with E-state index in [1.54, 1.807) is 0 Å². The molecule has 1 aromatic heterocycles. The predicted molar refractivity (Wildman–Crippen MR) is 46.9 cm³/mol. The number of nitrogens with zero attached hydrogens (tertiary/aromatic N) is 1. The van der Waals surface area contributed by atoms with Crippen LogP contribution in [0.25, 0.3) is 0 Å². The van der Waals surface area contributed by atoms with E-state index in [1.165, 1.54) is 0 Å². The summed E-state index contributed by atoms with van der Waals surface area (Å²) in [4.78, 5) is 3.47. The van der Waals surface area contributed by atoms with Crippen LogP contribution in [0.15, 0.2) is 18.3 Å². The van der Waals surface area contributed by atoms with Crippen molar-refractivity contribution < 1.29 is 22.7 Å². The van der Waals surface area contributed by atoms with Crippen LogP contribution in [-0.2, 0) is 0 Å². The topological polar surface area (TPSA) is 33.1 Å². The molecule has 1 aliphatic carbocycles. The second-order valence-electron chi connectivity index (χ2n) is 3.96. The highest BCUT2D eigenvalue weighted by Crippen LogP contribution is 2.64. The van der Waals surface area contributed by atoms with Crippen LogP contribution < -0.4 is 0 Å². The molecule has 1 N–H and O–H groups in total. The molecular formula is C10H9F4NO. The van der Waals surface area contributed by atoms with E-state index in [4.69, 9.17) is 0 Å². The average molecular weight is 235 g/mol. The Morgan fingerprint density at radius 3 is 2.31 bits per heavy atom. The van der Waals surface area contributed by atoms with Gasteiger partial charge in [0.25, 0.3) is 0 Å². The fraction of sp³-hybridized carbons (Fsp3) is 0.500. The molecule has 6 heteroatoms. The number of hydrogen-bond acceptors (Lipinski definition) is 2. The lowest BCUT2D eigenvalue weighted by Crippen LogP contribution is -2.31. The number of halogens is 4. The van der Waals surface area contributed by atoms with Gasteiger partial charge in [0.2, 0.25) is 0 Å². The normalized spacial score (nSPS) is 20.6. The standard InChI is InChI=1S/C10H9F4NO/c11-6-1-2-7(15-5-6)8(16)9(3-4-9)10(12,13)14/h1-2,5,8,16H,3-4H2. The van der Waals surface area contributed by atoms with Gasteiger partial charge in [0, 0.05) is 0 Å². The summed E-state index contributed by atoms with van der Waals surface area (Å²) < 4.78 is 50.5. The van der Waals surface area contributed by atoms with Crippen LogP contribution in [0.5, 0.6) is 0 Å². The minimum absolute atomic E-state index is 0.114. The van der Waals surface area contributed by atoms with Gasteiger partial charge in [-0.05, 0) is 25.0 Å². The predicted octanol–water partition coefficient (Wildman–Crippen LogP) is 2.60. The molecule has 2 nitrogen and oxygen atoms in total. The van der Waals surface area contributed by atoms with Gasteiger partial charge in [0.1, 0.15) is 11.9 Å². The van der Waals surface area contributed by atoms with Crippen molar-refractivity contribution in [2.75, 3.05) is 0 Å². The summed E-state index contributed by atoms with van der Waals surface area (Å²) in [6.45, 7) is 0. The molecule has 16 heavy (non-hydrogen) atoms. The van der Waals surface area contributed by atoms with Crippen LogP contribution in [0.3, 0.4) is 0 Å². The number of alkyl halides is 3. The van der Waals surface area contributed by atoms with Crippen LogP contribution in [0, 0.1) is 11.2 Å². The van der Waals surface area contributed by atoms with E-state index in [-0.39, 0.29) is 18.5 Å². The Bertz CT molecular complexity index is 383. The van der Waals surface area contributed by atoms with Crippen molar-refractivity contribution >= 4 is 0 Å². The van der Waals surface area contributed by atoms with Crippen molar-refractivity contribution in [2.45, 2.75) is 25.1 Å². The second kappa shape index (κ2) is 3.41. The fourth-order valence-corrected chi connectivity index (χ4v) is 1.68. The average Bonchev–Trinajstić information content (AvgIpc) is 2.97. The van der Waals surface area contributed by atoms with Crippen LogP contribution in [-0.4, -0.2) is 16.3 Å². The SMILES string of the molecule is OC(c1ccc(F)cn1)C1(C(F)(F)F)CC1. The number of hydrogen-bond donors (Lipinski definition) is 1. The van der Waals surface area contributed by atoms with Crippen molar-refractivity contribution in [1.29, 1.82) is 0 Å². The van der Waals surface area contributed by atoms with Gasteiger partial charge >= 0.3 is 6.18 Å². The Hall–Kier alpha value is -1.17. The van der Waals surface area contributed by atoms with E-state index in [0.29, 0.717) is 0 Å². The highest BCUT2D eigenvalue weighted by Gasteiger charge is 2.67. The van der Waals surface area contributed by atoms with Gasteiger partial charge in [0.05, 0.1) is 17.3 Å². The maximum Gasteiger partial charge on any atom is 0.397 e. The summed E-state index contributed by atoms with van der Waals surface area (Å²) in [5.74, 6) is -0.646. The Kier molecular flexibility index (Phi) is 2.41. The number of aliphatic hydroxyl groups is 1. The zero-order valence-corrected chi connectivity index (χ0v) is 8.13. The third-order valence-electron chi connectivity index (χ3n) is 2.91. The van der Waals surface area contributed by atoms with Crippen molar-refractivity contribution in [3.05, 3.63) is 29.8 Å². The third-order valence-corrected chi connectivity index (χ3v) is 2.91. The smallest absolute Gasteiger partial charge is 0.386 e. The Labute approximate surface area is 88.9 Å². The molecule has 2 rings (SSSR count). The molecule has 0 spiro atoms. The third kappa shape index (κ3) is 1.67. The molecular weight excluding hydrogens is 226 g/mol. The molecule has 0 saturated heterocycles. The van der Waals surface area contributed by atoms with Gasteiger partial charge in [0.15, 0.2) is 0 Å². The van der Waals surface area contributed by atoms with Crippen LogP contribution >= 0.6 is 0 Å². The van der Waals surface area contributed by atoms with E-state index >= 15 is 0 Å². The summed E-state index contributed by atoms with van der Waals surface area (Å²) in [7, 11) is 0. The van der Waals surface area contributed by atoms with Gasteiger partial charge in [-0.25, -0.2) is 4.39 Å². The molecule has 1 fully saturated rings. The van der Waals surface area contributed by atoms with Gasteiger partial charge in [-0.15, -0.1) is 0 Å². The molecule has 0 amide bonds. The number of aromatic nitrogens is 1. The van der Waals surface area contributed by atoms with Gasteiger partial charge in [-0.3, -0.25) is 4.98 Å². The van der Waals surface area contributed by atoms with Gasteiger partial charge in [-0.1, -0.05) is 0 Å². The quantitative estimate of drug-likeness (QED) is 0.799. The van der Waals surface area contributed by atoms with Crippen LogP contribution in [0.4, 0.5) is 17.6 Å². The molecule has 0 bridgehead atoms. The van der Waals surface area contributed by atoms with Crippen LogP contribution in [0.2, 0.25) is 0 Å². The zero-order chi connectivity index (χ0) is 12.0. The lowest BCUT2D eigenvalue weighted by Gasteiger charge is -2.24. The van der Waals surface area contributed by atoms with Gasteiger partial charge < -0.3 is 5.11 Å². The van der Waals surface area contributed by atoms with E-state index in [2.05, 4.69) is 4.98 Å². The molecule has 0 aliphatic heterocycles. The number of rotatable bonds is 2. The van der Waals surface area contributed by atoms with E-state index in [1.807, 2.05) is 0 Å². The first-order valence-corrected chi connectivity index (χ1v) is 4.73. The summed E-state index contributed by atoms with van der Waals surface area (Å²) in [6, 6.07) is 2.06.